The Morgan fingerprint density at radius 3 is 2.65 bits per heavy atom. The van der Waals surface area contributed by atoms with E-state index in [1.165, 1.54) is 11.1 Å². The molecule has 26 heavy (non-hydrogen) atoms. The van der Waals surface area contributed by atoms with Crippen molar-refractivity contribution in [3.63, 3.8) is 0 Å². The topological polar surface area (TPSA) is 55.2 Å². The molecule has 1 saturated heterocycles. The van der Waals surface area contributed by atoms with Gasteiger partial charge < -0.3 is 4.90 Å². The molecule has 1 atom stereocenters. The molecule has 1 aliphatic heterocycles. The highest BCUT2D eigenvalue weighted by atomic mass is 16.2. The smallest absolute Gasteiger partial charge is 0.275 e. The van der Waals surface area contributed by atoms with E-state index in [1.807, 2.05) is 23.1 Å². The van der Waals surface area contributed by atoms with Crippen LogP contribution in [-0.2, 0) is 6.54 Å². The van der Waals surface area contributed by atoms with Gasteiger partial charge >= 0.3 is 0 Å². The molecule has 5 nitrogen and oxygen atoms in total. The molecule has 0 N–H and O–H groups in total. The number of hydrogen-bond acceptors (Lipinski definition) is 3. The van der Waals surface area contributed by atoms with Crippen molar-refractivity contribution in [3.05, 3.63) is 40.3 Å². The maximum absolute atomic E-state index is 13.3. The molecule has 1 unspecified atom stereocenters. The molecule has 0 aliphatic carbocycles. The van der Waals surface area contributed by atoms with Gasteiger partial charge in [0.15, 0.2) is 5.69 Å². The van der Waals surface area contributed by atoms with E-state index >= 15 is 0 Å². The molecule has 140 valence electrons. The number of likely N-dealkylation sites (tertiary alicyclic amines) is 1. The number of aryl methyl sites for hydroxylation is 1. The Morgan fingerprint density at radius 1 is 1.15 bits per heavy atom. The second kappa shape index (κ2) is 8.47. The largest absolute Gasteiger partial charge is 0.334 e. The highest BCUT2D eigenvalue weighted by Gasteiger charge is 2.29. The number of aromatic nitrogens is 2. The van der Waals surface area contributed by atoms with Gasteiger partial charge in [0.25, 0.3) is 11.5 Å². The number of nitrogens with zero attached hydrogens (tertiary/aromatic N) is 3. The van der Waals surface area contributed by atoms with Crippen LogP contribution in [0, 0.1) is 0 Å². The zero-order valence-electron chi connectivity index (χ0n) is 15.9. The van der Waals surface area contributed by atoms with Crippen LogP contribution < -0.4 is 5.56 Å². The second-order valence-electron chi connectivity index (χ2n) is 7.19. The molecule has 0 radical (unpaired) electrons. The maximum atomic E-state index is 13.3. The number of hydrogen-bond donors (Lipinski definition) is 0. The van der Waals surface area contributed by atoms with Crippen LogP contribution in [0.5, 0.6) is 0 Å². The summed E-state index contributed by atoms with van der Waals surface area (Å²) in [6.07, 6.45) is 7.25. The van der Waals surface area contributed by atoms with Crippen LogP contribution >= 0.6 is 0 Å². The van der Waals surface area contributed by atoms with Crippen LogP contribution in [0.3, 0.4) is 0 Å². The first-order valence-corrected chi connectivity index (χ1v) is 9.98. The Bertz CT molecular complexity index is 828. The SMILES string of the molecule is CCCCCn1nc(C(=O)N2CCCCC2CC)c2ccccc2c1=O. The molecule has 0 bridgehead atoms. The Balaban J connectivity index is 2.04. The number of unbranched alkanes of at least 4 members (excludes halogenated alkanes) is 2. The number of amides is 1. The quantitative estimate of drug-likeness (QED) is 0.736. The van der Waals surface area contributed by atoms with Crippen molar-refractivity contribution in [2.45, 2.75) is 71.4 Å². The van der Waals surface area contributed by atoms with Crippen LogP contribution in [0.2, 0.25) is 0 Å². The van der Waals surface area contributed by atoms with E-state index < -0.39 is 0 Å². The fourth-order valence-corrected chi connectivity index (χ4v) is 3.88. The van der Waals surface area contributed by atoms with E-state index in [1.54, 1.807) is 6.07 Å². The van der Waals surface area contributed by atoms with Crippen molar-refractivity contribution < 1.29 is 4.79 Å². The summed E-state index contributed by atoms with van der Waals surface area (Å²) in [6.45, 7) is 5.61. The zero-order valence-corrected chi connectivity index (χ0v) is 15.9. The van der Waals surface area contributed by atoms with Gasteiger partial charge in [0.2, 0.25) is 0 Å². The van der Waals surface area contributed by atoms with Gasteiger partial charge in [-0.2, -0.15) is 5.10 Å². The number of piperidine rings is 1. The third kappa shape index (κ3) is 3.67. The van der Waals surface area contributed by atoms with Crippen LogP contribution in [0.25, 0.3) is 10.8 Å². The summed E-state index contributed by atoms with van der Waals surface area (Å²) in [6, 6.07) is 7.65. The number of benzene rings is 1. The molecule has 2 heterocycles. The summed E-state index contributed by atoms with van der Waals surface area (Å²) in [5, 5.41) is 5.79. The second-order valence-corrected chi connectivity index (χ2v) is 7.19. The van der Waals surface area contributed by atoms with E-state index in [9.17, 15) is 9.59 Å². The number of fused-ring (bicyclic) bond motifs is 1. The standard InChI is InChI=1S/C21H29N3O2/c1-3-5-9-15-24-20(25)18-13-7-6-12-17(18)19(22-24)21(26)23-14-10-8-11-16(23)4-2/h6-7,12-13,16H,3-5,8-11,14-15H2,1-2H3. The first-order chi connectivity index (χ1) is 12.7. The minimum atomic E-state index is -0.0982. The maximum Gasteiger partial charge on any atom is 0.275 e. The predicted octanol–water partition coefficient (Wildman–Crippen LogP) is 3.99. The van der Waals surface area contributed by atoms with Crippen molar-refractivity contribution >= 4 is 16.7 Å². The van der Waals surface area contributed by atoms with Gasteiger partial charge in [-0.15, -0.1) is 0 Å². The average molecular weight is 355 g/mol. The molecule has 1 aromatic carbocycles. The van der Waals surface area contributed by atoms with E-state index in [4.69, 9.17) is 0 Å². The van der Waals surface area contributed by atoms with Crippen molar-refractivity contribution in [1.82, 2.24) is 14.7 Å². The average Bonchev–Trinajstić information content (AvgIpc) is 2.69. The third-order valence-corrected chi connectivity index (χ3v) is 5.40. The summed E-state index contributed by atoms with van der Waals surface area (Å²) >= 11 is 0. The monoisotopic (exact) mass is 355 g/mol. The van der Waals surface area contributed by atoms with Crippen LogP contribution in [0.15, 0.2) is 29.1 Å². The fourth-order valence-electron chi connectivity index (χ4n) is 3.88. The minimum absolute atomic E-state index is 0.0306. The third-order valence-electron chi connectivity index (χ3n) is 5.40. The highest BCUT2D eigenvalue weighted by Crippen LogP contribution is 2.23. The van der Waals surface area contributed by atoms with Gasteiger partial charge in [-0.1, -0.05) is 44.9 Å². The predicted molar refractivity (Wildman–Crippen MR) is 104 cm³/mol. The van der Waals surface area contributed by atoms with Gasteiger partial charge in [-0.05, 0) is 38.2 Å². The molecule has 5 heteroatoms. The Kier molecular flexibility index (Phi) is 6.07. The fraction of sp³-hybridized carbons (Fsp3) is 0.571. The van der Waals surface area contributed by atoms with Gasteiger partial charge in [0.1, 0.15) is 0 Å². The molecule has 0 spiro atoms. The number of carbonyl (C=O) groups is 1. The zero-order chi connectivity index (χ0) is 18.5. The minimum Gasteiger partial charge on any atom is -0.334 e. The lowest BCUT2D eigenvalue weighted by molar-refractivity contribution is 0.0601. The molecule has 3 rings (SSSR count). The van der Waals surface area contributed by atoms with Crippen LogP contribution in [0.1, 0.15) is 69.3 Å². The summed E-state index contributed by atoms with van der Waals surface area (Å²) < 4.78 is 1.50. The Morgan fingerprint density at radius 2 is 1.92 bits per heavy atom. The number of rotatable bonds is 6. The normalized spacial score (nSPS) is 17.6. The first kappa shape index (κ1) is 18.6. The Hall–Kier alpha value is -2.17. The highest BCUT2D eigenvalue weighted by molar-refractivity contribution is 6.04. The van der Waals surface area contributed by atoms with Crippen LogP contribution in [0.4, 0.5) is 0 Å². The van der Waals surface area contributed by atoms with E-state index in [-0.39, 0.29) is 17.5 Å². The summed E-state index contributed by atoms with van der Waals surface area (Å²) in [5.41, 5.74) is 0.330. The lowest BCUT2D eigenvalue weighted by Gasteiger charge is -2.35. The summed E-state index contributed by atoms with van der Waals surface area (Å²) in [5.74, 6) is -0.0306. The van der Waals surface area contributed by atoms with Crippen molar-refractivity contribution in [2.75, 3.05) is 6.54 Å². The molecular weight excluding hydrogens is 326 g/mol. The molecule has 1 fully saturated rings. The Labute approximate surface area is 155 Å². The molecule has 1 aromatic heterocycles. The molecular formula is C21H29N3O2. The molecule has 1 amide bonds. The van der Waals surface area contributed by atoms with Gasteiger partial charge in [-0.25, -0.2) is 4.68 Å². The van der Waals surface area contributed by atoms with Gasteiger partial charge in [0.05, 0.1) is 5.39 Å². The molecule has 2 aromatic rings. The lowest BCUT2D eigenvalue weighted by atomic mass is 9.99. The van der Waals surface area contributed by atoms with E-state index in [0.29, 0.717) is 23.0 Å². The van der Waals surface area contributed by atoms with Crippen molar-refractivity contribution in [1.29, 1.82) is 0 Å². The first-order valence-electron chi connectivity index (χ1n) is 9.98. The van der Waals surface area contributed by atoms with E-state index in [0.717, 1.165) is 45.1 Å². The molecule has 1 aliphatic rings. The number of carbonyl (C=O) groups excluding carboxylic acids is 1. The molecule has 0 saturated carbocycles. The summed E-state index contributed by atoms with van der Waals surface area (Å²) in [7, 11) is 0. The lowest BCUT2D eigenvalue weighted by Crippen LogP contribution is -2.44. The van der Waals surface area contributed by atoms with Gasteiger partial charge in [0, 0.05) is 24.5 Å². The van der Waals surface area contributed by atoms with E-state index in [2.05, 4.69) is 18.9 Å². The summed E-state index contributed by atoms with van der Waals surface area (Å²) in [4.78, 5) is 28.1. The van der Waals surface area contributed by atoms with Crippen LogP contribution in [-0.4, -0.2) is 33.2 Å². The van der Waals surface area contributed by atoms with Crippen molar-refractivity contribution in [2.24, 2.45) is 0 Å². The van der Waals surface area contributed by atoms with Gasteiger partial charge in [-0.3, -0.25) is 9.59 Å². The van der Waals surface area contributed by atoms with Crippen molar-refractivity contribution in [3.8, 4) is 0 Å².